The molecule has 1 N–H and O–H groups in total. The molecule has 1 heterocycles. The first kappa shape index (κ1) is 18.4. The fraction of sp³-hybridized carbons (Fsp3) is 0.412. The van der Waals surface area contributed by atoms with Gasteiger partial charge in [0.2, 0.25) is 10.0 Å². The highest BCUT2D eigenvalue weighted by atomic mass is 32.2. The molecule has 0 aliphatic carbocycles. The standard InChI is InChI=1S/C17H23N3O3S/c1-13-5-10-16(21)20(19-13)12-11-18-24(22,23)15-8-6-14(7-9-15)17(2,3)4/h5-10,18H,11-12H2,1-4H3. The van der Waals surface area contributed by atoms with E-state index in [1.54, 1.807) is 25.1 Å². The quantitative estimate of drug-likeness (QED) is 0.893. The van der Waals surface area contributed by atoms with Gasteiger partial charge in [-0.25, -0.2) is 17.8 Å². The highest BCUT2D eigenvalue weighted by molar-refractivity contribution is 7.89. The van der Waals surface area contributed by atoms with Crippen LogP contribution in [0.5, 0.6) is 0 Å². The van der Waals surface area contributed by atoms with Crippen LogP contribution in [0.2, 0.25) is 0 Å². The Balaban J connectivity index is 2.06. The van der Waals surface area contributed by atoms with Crippen LogP contribution in [0.4, 0.5) is 0 Å². The lowest BCUT2D eigenvalue weighted by Gasteiger charge is -2.19. The third-order valence-corrected chi connectivity index (χ3v) is 5.12. The van der Waals surface area contributed by atoms with Crippen LogP contribution in [0.3, 0.4) is 0 Å². The van der Waals surface area contributed by atoms with Crippen molar-refractivity contribution in [1.29, 1.82) is 0 Å². The van der Waals surface area contributed by atoms with Crippen molar-refractivity contribution in [2.75, 3.05) is 6.54 Å². The van der Waals surface area contributed by atoms with Crippen LogP contribution in [0, 0.1) is 6.92 Å². The van der Waals surface area contributed by atoms with Gasteiger partial charge in [-0.1, -0.05) is 32.9 Å². The Labute approximate surface area is 142 Å². The van der Waals surface area contributed by atoms with Gasteiger partial charge < -0.3 is 0 Å². The predicted octanol–water partition coefficient (Wildman–Crippen LogP) is 1.83. The summed E-state index contributed by atoms with van der Waals surface area (Å²) in [6.45, 7) is 8.26. The predicted molar refractivity (Wildman–Crippen MR) is 93.6 cm³/mol. The van der Waals surface area contributed by atoms with Crippen molar-refractivity contribution >= 4 is 10.0 Å². The molecule has 0 spiro atoms. The van der Waals surface area contributed by atoms with E-state index in [0.29, 0.717) is 5.69 Å². The van der Waals surface area contributed by atoms with Crippen LogP contribution in [0.25, 0.3) is 0 Å². The number of benzene rings is 1. The molecule has 0 amide bonds. The number of nitrogens with zero attached hydrogens (tertiary/aromatic N) is 2. The molecule has 0 aliphatic rings. The highest BCUT2D eigenvalue weighted by Crippen LogP contribution is 2.23. The number of hydrogen-bond acceptors (Lipinski definition) is 4. The third-order valence-electron chi connectivity index (χ3n) is 3.65. The van der Waals surface area contributed by atoms with Gasteiger partial charge >= 0.3 is 0 Å². The summed E-state index contributed by atoms with van der Waals surface area (Å²) in [7, 11) is -3.61. The maximum Gasteiger partial charge on any atom is 0.266 e. The van der Waals surface area contributed by atoms with Crippen molar-refractivity contribution in [3.8, 4) is 0 Å². The smallest absolute Gasteiger partial charge is 0.266 e. The Kier molecular flexibility index (Phi) is 5.25. The summed E-state index contributed by atoms with van der Waals surface area (Å²) in [6, 6.07) is 9.88. The maximum atomic E-state index is 12.3. The number of aryl methyl sites for hydroxylation is 1. The molecule has 7 heteroatoms. The zero-order chi connectivity index (χ0) is 18.0. The van der Waals surface area contributed by atoms with Crippen molar-refractivity contribution in [2.24, 2.45) is 0 Å². The van der Waals surface area contributed by atoms with Crippen molar-refractivity contribution in [2.45, 2.75) is 44.6 Å². The Morgan fingerprint density at radius 1 is 1.08 bits per heavy atom. The van der Waals surface area contributed by atoms with Gasteiger partial charge in [0.25, 0.3) is 5.56 Å². The van der Waals surface area contributed by atoms with Crippen LogP contribution in [0.1, 0.15) is 32.0 Å². The molecule has 1 aromatic heterocycles. The van der Waals surface area contributed by atoms with Gasteiger partial charge in [-0.15, -0.1) is 0 Å². The van der Waals surface area contributed by atoms with Gasteiger partial charge in [0.15, 0.2) is 0 Å². The van der Waals surface area contributed by atoms with Crippen molar-refractivity contribution in [3.63, 3.8) is 0 Å². The molecule has 2 rings (SSSR count). The zero-order valence-electron chi connectivity index (χ0n) is 14.4. The van der Waals surface area contributed by atoms with E-state index in [1.807, 2.05) is 12.1 Å². The lowest BCUT2D eigenvalue weighted by atomic mass is 9.87. The first-order valence-electron chi connectivity index (χ1n) is 7.74. The van der Waals surface area contributed by atoms with Gasteiger partial charge in [0.05, 0.1) is 17.1 Å². The van der Waals surface area contributed by atoms with Gasteiger partial charge in [0, 0.05) is 12.6 Å². The topological polar surface area (TPSA) is 81.1 Å². The monoisotopic (exact) mass is 349 g/mol. The molecule has 24 heavy (non-hydrogen) atoms. The van der Waals surface area contributed by atoms with Crippen LogP contribution in [-0.2, 0) is 22.0 Å². The van der Waals surface area contributed by atoms with E-state index in [1.165, 1.54) is 10.7 Å². The number of hydrogen-bond donors (Lipinski definition) is 1. The Bertz CT molecular complexity index is 863. The molecule has 130 valence electrons. The Morgan fingerprint density at radius 3 is 2.29 bits per heavy atom. The second-order valence-corrected chi connectivity index (χ2v) is 8.48. The molecule has 0 aliphatic heterocycles. The summed E-state index contributed by atoms with van der Waals surface area (Å²) in [5.74, 6) is 0. The molecule has 2 aromatic rings. The first-order valence-corrected chi connectivity index (χ1v) is 9.23. The summed E-state index contributed by atoms with van der Waals surface area (Å²) >= 11 is 0. The Morgan fingerprint density at radius 2 is 1.71 bits per heavy atom. The minimum atomic E-state index is -3.61. The van der Waals surface area contributed by atoms with Gasteiger partial charge in [-0.2, -0.15) is 5.10 Å². The lowest BCUT2D eigenvalue weighted by molar-refractivity contribution is 0.543. The second kappa shape index (κ2) is 6.86. The van der Waals surface area contributed by atoms with Crippen LogP contribution < -0.4 is 10.3 Å². The first-order chi connectivity index (χ1) is 11.1. The number of rotatable bonds is 5. The fourth-order valence-electron chi connectivity index (χ4n) is 2.21. The molecule has 1 aromatic carbocycles. The van der Waals surface area contributed by atoms with E-state index in [-0.39, 0.29) is 29.0 Å². The van der Waals surface area contributed by atoms with Crippen LogP contribution in [0.15, 0.2) is 46.1 Å². The molecule has 0 fully saturated rings. The SMILES string of the molecule is Cc1ccc(=O)n(CCNS(=O)(=O)c2ccc(C(C)(C)C)cc2)n1. The van der Waals surface area contributed by atoms with Crippen molar-refractivity contribution in [3.05, 3.63) is 58.0 Å². The van der Waals surface area contributed by atoms with E-state index in [0.717, 1.165) is 5.56 Å². The number of sulfonamides is 1. The fourth-order valence-corrected chi connectivity index (χ4v) is 3.24. The van der Waals surface area contributed by atoms with Crippen molar-refractivity contribution in [1.82, 2.24) is 14.5 Å². The molecule has 0 radical (unpaired) electrons. The molecule has 0 saturated heterocycles. The summed E-state index contributed by atoms with van der Waals surface area (Å²) in [4.78, 5) is 11.9. The van der Waals surface area contributed by atoms with E-state index in [4.69, 9.17) is 0 Å². The van der Waals surface area contributed by atoms with Crippen molar-refractivity contribution < 1.29 is 8.42 Å². The Hall–Kier alpha value is -1.99. The summed E-state index contributed by atoms with van der Waals surface area (Å²) in [5, 5.41) is 4.07. The average Bonchev–Trinajstić information content (AvgIpc) is 2.50. The number of nitrogens with one attached hydrogen (secondary N) is 1. The molecule has 0 unspecified atom stereocenters. The zero-order valence-corrected chi connectivity index (χ0v) is 15.2. The average molecular weight is 349 g/mol. The largest absolute Gasteiger partial charge is 0.268 e. The molecule has 0 saturated carbocycles. The summed E-state index contributed by atoms with van der Waals surface area (Å²) in [6.07, 6.45) is 0. The molecular weight excluding hydrogens is 326 g/mol. The van der Waals surface area contributed by atoms with E-state index >= 15 is 0 Å². The molecule has 6 nitrogen and oxygen atoms in total. The van der Waals surface area contributed by atoms with Gasteiger partial charge in [-0.3, -0.25) is 4.79 Å². The summed E-state index contributed by atoms with van der Waals surface area (Å²) < 4.78 is 28.4. The third kappa shape index (κ3) is 4.52. The molecule has 0 atom stereocenters. The lowest BCUT2D eigenvalue weighted by Crippen LogP contribution is -2.32. The number of aromatic nitrogens is 2. The van der Waals surface area contributed by atoms with Gasteiger partial charge in [0.1, 0.15) is 0 Å². The minimum Gasteiger partial charge on any atom is -0.268 e. The van der Waals surface area contributed by atoms with Crippen LogP contribution in [-0.4, -0.2) is 24.7 Å². The van der Waals surface area contributed by atoms with E-state index < -0.39 is 10.0 Å². The maximum absolute atomic E-state index is 12.3. The minimum absolute atomic E-state index is 0.0340. The molecule has 0 bridgehead atoms. The van der Waals surface area contributed by atoms with E-state index in [2.05, 4.69) is 30.6 Å². The van der Waals surface area contributed by atoms with E-state index in [9.17, 15) is 13.2 Å². The molecular formula is C17H23N3O3S. The van der Waals surface area contributed by atoms with Gasteiger partial charge in [-0.05, 0) is 36.1 Å². The second-order valence-electron chi connectivity index (χ2n) is 6.71. The normalized spacial score (nSPS) is 12.3. The van der Waals surface area contributed by atoms with Crippen LogP contribution >= 0.6 is 0 Å². The highest BCUT2D eigenvalue weighted by Gasteiger charge is 2.17. The summed E-state index contributed by atoms with van der Waals surface area (Å²) in [5.41, 5.74) is 1.48.